The van der Waals surface area contributed by atoms with Crippen molar-refractivity contribution >= 4 is 39.5 Å². The molecule has 0 aromatic heterocycles. The Labute approximate surface area is 588 Å². The van der Waals surface area contributed by atoms with E-state index in [9.17, 15) is 43.2 Å². The number of hydrogen-bond donors (Lipinski definition) is 3. The summed E-state index contributed by atoms with van der Waals surface area (Å²) in [6, 6.07) is 0. The standard InChI is InChI=1S/C77H150O17P2/c1-8-11-12-13-14-15-16-17-18-19-20-21-22-23-24-25-26-27-30-37-46-53-60-76(81)93-72(64-87-74(79)58-51-44-36-31-28-29-34-41-48-55-68(4)5)66-91-95(83,84)89-62-71(78)63-90-96(85,86)92-67-73(65-88-75(80)59-52-45-40-39-43-50-57-70(7)10-3)94-77(82)61-54-47-38-33-32-35-42-49-56-69(6)9-2/h68-73,78H,8-67H2,1-7H3,(H,83,84)(H,85,86)/t69?,70?,71-,72-,73-/m1/s1. The maximum Gasteiger partial charge on any atom is 0.472 e. The predicted octanol–water partition coefficient (Wildman–Crippen LogP) is 22.6. The molecule has 3 N–H and O–H groups in total. The van der Waals surface area contributed by atoms with E-state index in [-0.39, 0.29) is 25.7 Å². The minimum Gasteiger partial charge on any atom is -0.462 e. The lowest BCUT2D eigenvalue weighted by Crippen LogP contribution is -2.30. The monoisotopic (exact) mass is 1410 g/mol. The van der Waals surface area contributed by atoms with Crippen LogP contribution in [0.5, 0.6) is 0 Å². The van der Waals surface area contributed by atoms with Crippen molar-refractivity contribution in [2.45, 2.75) is 414 Å². The second kappa shape index (κ2) is 67.5. The molecule has 17 nitrogen and oxygen atoms in total. The molecule has 0 aromatic rings. The van der Waals surface area contributed by atoms with Gasteiger partial charge in [0.1, 0.15) is 19.3 Å². The summed E-state index contributed by atoms with van der Waals surface area (Å²) in [6.45, 7) is 11.8. The number of unbranched alkanes of at least 4 members (excludes halogenated alkanes) is 41. The van der Waals surface area contributed by atoms with Crippen molar-refractivity contribution in [1.82, 2.24) is 0 Å². The number of hydrogen-bond acceptors (Lipinski definition) is 15. The Morgan fingerprint density at radius 2 is 0.531 bits per heavy atom. The fourth-order valence-electron chi connectivity index (χ4n) is 11.7. The van der Waals surface area contributed by atoms with E-state index in [1.54, 1.807) is 0 Å². The van der Waals surface area contributed by atoms with E-state index in [4.69, 9.17) is 37.0 Å². The van der Waals surface area contributed by atoms with Crippen LogP contribution < -0.4 is 0 Å². The molecule has 0 aromatic carbocycles. The summed E-state index contributed by atoms with van der Waals surface area (Å²) < 4.78 is 68.5. The normalized spacial score (nSPS) is 14.6. The van der Waals surface area contributed by atoms with Crippen LogP contribution >= 0.6 is 15.6 Å². The molecule has 96 heavy (non-hydrogen) atoms. The van der Waals surface area contributed by atoms with E-state index in [0.717, 1.165) is 114 Å². The summed E-state index contributed by atoms with van der Waals surface area (Å²) in [7, 11) is -9.91. The molecular formula is C77H150O17P2. The Kier molecular flexibility index (Phi) is 66.2. The van der Waals surface area contributed by atoms with E-state index in [1.165, 1.54) is 199 Å². The molecule has 4 unspecified atom stereocenters. The fourth-order valence-corrected chi connectivity index (χ4v) is 13.3. The van der Waals surface area contributed by atoms with Crippen molar-refractivity contribution in [1.29, 1.82) is 0 Å². The first-order valence-electron chi connectivity index (χ1n) is 39.9. The molecule has 0 spiro atoms. The molecule has 0 radical (unpaired) electrons. The number of phosphoric acid groups is 2. The van der Waals surface area contributed by atoms with Gasteiger partial charge in [0, 0.05) is 25.7 Å². The van der Waals surface area contributed by atoms with E-state index in [0.29, 0.717) is 25.7 Å². The molecule has 7 atom stereocenters. The molecule has 0 aliphatic carbocycles. The van der Waals surface area contributed by atoms with Gasteiger partial charge in [-0.15, -0.1) is 0 Å². The van der Waals surface area contributed by atoms with Gasteiger partial charge >= 0.3 is 39.5 Å². The number of phosphoric ester groups is 2. The Bertz CT molecular complexity index is 1870. The minimum atomic E-state index is -4.96. The summed E-state index contributed by atoms with van der Waals surface area (Å²) in [4.78, 5) is 72.8. The van der Waals surface area contributed by atoms with E-state index in [1.807, 2.05) is 0 Å². The van der Waals surface area contributed by atoms with Gasteiger partial charge in [0.2, 0.25) is 0 Å². The molecule has 0 aliphatic heterocycles. The molecule has 0 amide bonds. The average Bonchev–Trinajstić information content (AvgIpc) is 1.02. The van der Waals surface area contributed by atoms with Gasteiger partial charge in [-0.05, 0) is 43.4 Å². The summed E-state index contributed by atoms with van der Waals surface area (Å²) >= 11 is 0. The lowest BCUT2D eigenvalue weighted by Gasteiger charge is -2.21. The molecule has 0 fully saturated rings. The minimum absolute atomic E-state index is 0.104. The Morgan fingerprint density at radius 3 is 0.792 bits per heavy atom. The molecule has 570 valence electrons. The van der Waals surface area contributed by atoms with E-state index < -0.39 is 97.5 Å². The van der Waals surface area contributed by atoms with Crippen LogP contribution in [0, 0.1) is 17.8 Å². The van der Waals surface area contributed by atoms with Gasteiger partial charge in [0.05, 0.1) is 26.4 Å². The molecule has 19 heteroatoms. The van der Waals surface area contributed by atoms with Crippen LogP contribution in [0.3, 0.4) is 0 Å². The van der Waals surface area contributed by atoms with Gasteiger partial charge in [-0.25, -0.2) is 9.13 Å². The highest BCUT2D eigenvalue weighted by Gasteiger charge is 2.30. The van der Waals surface area contributed by atoms with E-state index in [2.05, 4.69) is 48.5 Å². The van der Waals surface area contributed by atoms with Crippen molar-refractivity contribution in [2.75, 3.05) is 39.6 Å². The van der Waals surface area contributed by atoms with Gasteiger partial charge in [-0.3, -0.25) is 37.3 Å². The quantitative estimate of drug-likeness (QED) is 0.0222. The highest BCUT2D eigenvalue weighted by molar-refractivity contribution is 7.47. The zero-order chi connectivity index (χ0) is 70.9. The first-order valence-corrected chi connectivity index (χ1v) is 42.9. The smallest absolute Gasteiger partial charge is 0.462 e. The molecule has 0 saturated heterocycles. The van der Waals surface area contributed by atoms with Crippen LogP contribution in [-0.4, -0.2) is 96.7 Å². The van der Waals surface area contributed by atoms with Crippen molar-refractivity contribution in [3.63, 3.8) is 0 Å². The Morgan fingerprint density at radius 1 is 0.302 bits per heavy atom. The van der Waals surface area contributed by atoms with Crippen LogP contribution in [0.4, 0.5) is 0 Å². The third kappa shape index (κ3) is 67.9. The van der Waals surface area contributed by atoms with Crippen LogP contribution in [0.15, 0.2) is 0 Å². The van der Waals surface area contributed by atoms with Crippen molar-refractivity contribution in [2.24, 2.45) is 17.8 Å². The number of ether oxygens (including phenoxy) is 4. The second-order valence-electron chi connectivity index (χ2n) is 28.7. The molecule has 0 rings (SSSR count). The molecular weight excluding hydrogens is 1260 g/mol. The summed E-state index contributed by atoms with van der Waals surface area (Å²) in [5.74, 6) is 0.122. The van der Waals surface area contributed by atoms with Crippen LogP contribution in [-0.2, 0) is 65.4 Å². The predicted molar refractivity (Wildman–Crippen MR) is 391 cm³/mol. The Balaban J connectivity index is 5.19. The van der Waals surface area contributed by atoms with E-state index >= 15 is 0 Å². The zero-order valence-corrected chi connectivity index (χ0v) is 64.6. The average molecular weight is 1410 g/mol. The van der Waals surface area contributed by atoms with Gasteiger partial charge in [-0.2, -0.15) is 0 Å². The lowest BCUT2D eigenvalue weighted by atomic mass is 9.99. The van der Waals surface area contributed by atoms with Crippen LogP contribution in [0.2, 0.25) is 0 Å². The molecule has 0 aliphatic rings. The van der Waals surface area contributed by atoms with Crippen molar-refractivity contribution < 1.29 is 80.2 Å². The number of aliphatic hydroxyl groups excluding tert-OH is 1. The van der Waals surface area contributed by atoms with Gasteiger partial charge in [0.25, 0.3) is 0 Å². The SMILES string of the molecule is CCCCCCCCCCCCCCCCCCCCCCCCC(=O)O[C@H](COC(=O)CCCCCCCCCCCC(C)C)COP(=O)(O)OC[C@@H](O)COP(=O)(O)OC[C@@H](COC(=O)CCCCCCCCC(C)CC)OC(=O)CCCCCCCCCCC(C)CC. The molecule has 0 saturated carbocycles. The van der Waals surface area contributed by atoms with Gasteiger partial charge in [0.15, 0.2) is 12.2 Å². The largest absolute Gasteiger partial charge is 0.472 e. The van der Waals surface area contributed by atoms with Gasteiger partial charge in [-0.1, -0.05) is 344 Å². The number of rotatable bonds is 75. The topological polar surface area (TPSA) is 237 Å². The number of esters is 4. The van der Waals surface area contributed by atoms with Crippen molar-refractivity contribution in [3.8, 4) is 0 Å². The van der Waals surface area contributed by atoms with Gasteiger partial charge < -0.3 is 33.8 Å². The first kappa shape index (κ1) is 94.1. The summed E-state index contributed by atoms with van der Waals surface area (Å²) in [6.07, 6.45) is 54.3. The maximum absolute atomic E-state index is 13.1. The third-order valence-corrected chi connectivity index (χ3v) is 20.5. The van der Waals surface area contributed by atoms with Crippen LogP contribution in [0.1, 0.15) is 395 Å². The highest BCUT2D eigenvalue weighted by Crippen LogP contribution is 2.45. The Hall–Kier alpha value is -1.94. The lowest BCUT2D eigenvalue weighted by molar-refractivity contribution is -0.161. The third-order valence-electron chi connectivity index (χ3n) is 18.6. The fraction of sp³-hybridized carbons (Fsp3) is 0.948. The number of carbonyl (C=O) groups is 4. The molecule has 0 bridgehead atoms. The number of carbonyl (C=O) groups excluding carboxylic acids is 4. The van der Waals surface area contributed by atoms with Crippen molar-refractivity contribution in [3.05, 3.63) is 0 Å². The number of aliphatic hydroxyl groups is 1. The maximum atomic E-state index is 13.1. The highest BCUT2D eigenvalue weighted by atomic mass is 31.2. The van der Waals surface area contributed by atoms with Crippen LogP contribution in [0.25, 0.3) is 0 Å². The molecule has 0 heterocycles. The zero-order valence-electron chi connectivity index (χ0n) is 62.8. The first-order chi connectivity index (χ1) is 46.3. The summed E-state index contributed by atoms with van der Waals surface area (Å²) in [5, 5.41) is 10.6. The second-order valence-corrected chi connectivity index (χ2v) is 31.6. The summed E-state index contributed by atoms with van der Waals surface area (Å²) in [5.41, 5.74) is 0.